The quantitative estimate of drug-likeness (QED) is 0.422. The molecule has 35 heavy (non-hydrogen) atoms. The third-order valence-corrected chi connectivity index (χ3v) is 6.10. The van der Waals surface area contributed by atoms with Crippen LogP contribution in [0.4, 0.5) is 0 Å². The first-order chi connectivity index (χ1) is 16.7. The highest BCUT2D eigenvalue weighted by Crippen LogP contribution is 2.35. The summed E-state index contributed by atoms with van der Waals surface area (Å²) in [6, 6.07) is 7.72. The second-order valence-electron chi connectivity index (χ2n) is 9.82. The Morgan fingerprint density at radius 3 is 2.26 bits per heavy atom. The Hall–Kier alpha value is -1.78. The Morgan fingerprint density at radius 2 is 1.74 bits per heavy atom. The van der Waals surface area contributed by atoms with E-state index in [0.29, 0.717) is 12.5 Å². The maximum Gasteiger partial charge on any atom is 0.143 e. The van der Waals surface area contributed by atoms with E-state index in [9.17, 15) is 9.59 Å². The van der Waals surface area contributed by atoms with Gasteiger partial charge in [0.25, 0.3) is 0 Å². The van der Waals surface area contributed by atoms with Crippen molar-refractivity contribution in [3.8, 4) is 0 Å². The van der Waals surface area contributed by atoms with Crippen molar-refractivity contribution in [1.82, 2.24) is 10.2 Å². The average molecular weight is 487 g/mol. The molecule has 1 N–H and O–H groups in total. The first-order valence-electron chi connectivity index (χ1n) is 13.9. The lowest BCUT2D eigenvalue weighted by molar-refractivity contribution is -0.118. The molecule has 1 heterocycles. The summed E-state index contributed by atoms with van der Waals surface area (Å²) >= 11 is 0. The molecular weight excluding hydrogens is 432 g/mol. The van der Waals surface area contributed by atoms with Crippen LogP contribution in [0.25, 0.3) is 5.57 Å². The molecule has 1 aliphatic heterocycles. The molecule has 200 valence electrons. The van der Waals surface area contributed by atoms with Gasteiger partial charge >= 0.3 is 0 Å². The minimum absolute atomic E-state index is 0.167. The lowest BCUT2D eigenvalue weighted by Gasteiger charge is -2.25. The largest absolute Gasteiger partial charge is 0.314 e. The first-order valence-corrected chi connectivity index (χ1v) is 13.9. The van der Waals surface area contributed by atoms with E-state index in [4.69, 9.17) is 0 Å². The number of Topliss-reactive ketones (excluding diaryl/α,β-unsaturated/α-hetero) is 2. The summed E-state index contributed by atoms with van der Waals surface area (Å²) in [5, 5.41) is 3.43. The average Bonchev–Trinajstić information content (AvgIpc) is 3.19. The van der Waals surface area contributed by atoms with Gasteiger partial charge in [-0.25, -0.2) is 0 Å². The van der Waals surface area contributed by atoms with Crippen LogP contribution in [0.15, 0.2) is 24.3 Å². The van der Waals surface area contributed by atoms with Gasteiger partial charge in [-0.3, -0.25) is 9.69 Å². The molecule has 4 heteroatoms. The van der Waals surface area contributed by atoms with Crippen molar-refractivity contribution in [2.24, 2.45) is 0 Å². The first kappa shape index (κ1) is 33.2. The molecular formula is C31H54N2O2. The second-order valence-corrected chi connectivity index (χ2v) is 9.82. The van der Waals surface area contributed by atoms with Crippen LogP contribution in [-0.2, 0) is 16.0 Å². The summed E-state index contributed by atoms with van der Waals surface area (Å²) in [4.78, 5) is 22.8. The van der Waals surface area contributed by atoms with Crippen molar-refractivity contribution < 1.29 is 9.59 Å². The van der Waals surface area contributed by atoms with Crippen LogP contribution < -0.4 is 5.32 Å². The van der Waals surface area contributed by atoms with E-state index < -0.39 is 0 Å². The number of ketones is 2. The maximum atomic E-state index is 11.2. The van der Waals surface area contributed by atoms with Gasteiger partial charge in [0.2, 0.25) is 0 Å². The summed E-state index contributed by atoms with van der Waals surface area (Å²) in [6.45, 7) is 21.4. The standard InChI is InChI=1S/C18H23NO.C8H19N.C3H6O.C2H6/c1-13-3-4-16-5-6-17(11-18(13)16)15-7-9-19(10-8-15)12-14(2)20;1-4-6-8(3)9-7-5-2;1-3(2)4;1-2/h5-7,11,13H,3-4,8-10,12H2,1-2H3;8-9H,4-7H2,1-3H3;1-2H3;1-2H3. The van der Waals surface area contributed by atoms with E-state index in [1.54, 1.807) is 12.5 Å². The Morgan fingerprint density at radius 1 is 1.09 bits per heavy atom. The summed E-state index contributed by atoms with van der Waals surface area (Å²) in [5.74, 6) is 1.14. The molecule has 4 nitrogen and oxygen atoms in total. The lowest BCUT2D eigenvalue weighted by atomic mass is 9.94. The number of carbonyl (C=O) groups is 2. The smallest absolute Gasteiger partial charge is 0.143 e. The number of aryl methyl sites for hydroxylation is 1. The van der Waals surface area contributed by atoms with Crippen LogP contribution in [0.3, 0.4) is 0 Å². The number of carbonyl (C=O) groups excluding carboxylic acids is 2. The van der Waals surface area contributed by atoms with Crippen molar-refractivity contribution >= 4 is 17.1 Å². The molecule has 2 aliphatic rings. The van der Waals surface area contributed by atoms with E-state index >= 15 is 0 Å². The predicted octanol–water partition coefficient (Wildman–Crippen LogP) is 7.21. The van der Waals surface area contributed by atoms with Gasteiger partial charge in [-0.1, -0.05) is 65.3 Å². The molecule has 0 spiro atoms. The Labute approximate surface area is 217 Å². The van der Waals surface area contributed by atoms with E-state index in [1.165, 1.54) is 69.2 Å². The van der Waals surface area contributed by atoms with Gasteiger partial charge in [-0.05, 0) is 94.5 Å². The minimum Gasteiger partial charge on any atom is -0.314 e. The molecule has 1 aromatic carbocycles. The fraction of sp³-hybridized carbons (Fsp3) is 0.677. The van der Waals surface area contributed by atoms with Crippen LogP contribution in [0.2, 0.25) is 0 Å². The van der Waals surface area contributed by atoms with Gasteiger partial charge in [0.05, 0.1) is 6.54 Å². The molecule has 1 aromatic rings. The third-order valence-electron chi connectivity index (χ3n) is 6.10. The Kier molecular flexibility index (Phi) is 18.4. The number of nitrogens with one attached hydrogen (secondary N) is 1. The molecule has 0 saturated heterocycles. The highest BCUT2D eigenvalue weighted by Gasteiger charge is 2.20. The van der Waals surface area contributed by atoms with Crippen LogP contribution in [0.5, 0.6) is 0 Å². The molecule has 2 atom stereocenters. The number of rotatable bonds is 8. The van der Waals surface area contributed by atoms with Gasteiger partial charge in [-0.2, -0.15) is 0 Å². The summed E-state index contributed by atoms with van der Waals surface area (Å²) < 4.78 is 0. The lowest BCUT2D eigenvalue weighted by Crippen LogP contribution is -2.32. The summed E-state index contributed by atoms with van der Waals surface area (Å²) in [7, 11) is 0. The number of benzene rings is 1. The van der Waals surface area contributed by atoms with E-state index in [1.807, 2.05) is 13.8 Å². The topological polar surface area (TPSA) is 49.4 Å². The molecule has 2 unspecified atom stereocenters. The molecule has 0 fully saturated rings. The number of hydrogen-bond donors (Lipinski definition) is 1. The van der Waals surface area contributed by atoms with Gasteiger partial charge in [-0.15, -0.1) is 0 Å². The minimum atomic E-state index is 0.167. The summed E-state index contributed by atoms with van der Waals surface area (Å²) in [6.07, 6.45) is 9.73. The molecule has 0 saturated carbocycles. The zero-order valence-corrected chi connectivity index (χ0v) is 24.3. The highest BCUT2D eigenvalue weighted by atomic mass is 16.1. The monoisotopic (exact) mass is 486 g/mol. The number of fused-ring (bicyclic) bond motifs is 1. The zero-order valence-electron chi connectivity index (χ0n) is 24.3. The van der Waals surface area contributed by atoms with Gasteiger partial charge in [0.15, 0.2) is 0 Å². The van der Waals surface area contributed by atoms with Gasteiger partial charge < -0.3 is 10.1 Å². The SMILES string of the molecule is CC.CC(=O)CN1CC=C(c2ccc3c(c2)C(C)CC3)CC1.CC(C)=O.CCCNC(C)CCC. The maximum absolute atomic E-state index is 11.2. The van der Waals surface area contributed by atoms with Crippen molar-refractivity contribution in [3.05, 3.63) is 41.0 Å². The number of nitrogens with zero attached hydrogens (tertiary/aromatic N) is 1. The third kappa shape index (κ3) is 14.4. The van der Waals surface area contributed by atoms with Crippen molar-refractivity contribution in [3.63, 3.8) is 0 Å². The van der Waals surface area contributed by atoms with Crippen LogP contribution in [0.1, 0.15) is 117 Å². The zero-order chi connectivity index (χ0) is 26.8. The Bertz CT molecular complexity index is 765. The van der Waals surface area contributed by atoms with Crippen LogP contribution >= 0.6 is 0 Å². The van der Waals surface area contributed by atoms with Crippen molar-refractivity contribution in [2.45, 2.75) is 113 Å². The van der Waals surface area contributed by atoms with Gasteiger partial charge in [0.1, 0.15) is 11.6 Å². The van der Waals surface area contributed by atoms with E-state index in [2.05, 4.69) is 62.2 Å². The molecule has 0 amide bonds. The van der Waals surface area contributed by atoms with E-state index in [-0.39, 0.29) is 11.6 Å². The van der Waals surface area contributed by atoms with Crippen LogP contribution in [-0.4, -0.2) is 48.7 Å². The fourth-order valence-corrected chi connectivity index (χ4v) is 4.37. The Balaban J connectivity index is 0.000000646. The summed E-state index contributed by atoms with van der Waals surface area (Å²) in [5.41, 5.74) is 5.93. The van der Waals surface area contributed by atoms with E-state index in [0.717, 1.165) is 25.6 Å². The van der Waals surface area contributed by atoms with Crippen molar-refractivity contribution in [2.75, 3.05) is 26.2 Å². The molecule has 0 aromatic heterocycles. The molecule has 3 rings (SSSR count). The van der Waals surface area contributed by atoms with Crippen LogP contribution in [0, 0.1) is 0 Å². The van der Waals surface area contributed by atoms with Crippen molar-refractivity contribution in [1.29, 1.82) is 0 Å². The molecule has 0 bridgehead atoms. The fourth-order valence-electron chi connectivity index (χ4n) is 4.37. The van der Waals surface area contributed by atoms with Gasteiger partial charge in [0, 0.05) is 19.1 Å². The normalized spacial score (nSPS) is 17.3. The number of hydrogen-bond acceptors (Lipinski definition) is 4. The highest BCUT2D eigenvalue weighted by molar-refractivity contribution is 5.78. The molecule has 0 radical (unpaired) electrons. The second kappa shape index (κ2) is 19.4. The molecule has 1 aliphatic carbocycles. The predicted molar refractivity (Wildman–Crippen MR) is 153 cm³/mol.